The van der Waals surface area contributed by atoms with Crippen molar-refractivity contribution in [2.45, 2.75) is 29.8 Å². The molecule has 1 aliphatic heterocycles. The highest BCUT2D eigenvalue weighted by molar-refractivity contribution is 8.01. The maximum absolute atomic E-state index is 11.3. The lowest BCUT2D eigenvalue weighted by Crippen LogP contribution is -2.26. The number of benzene rings is 1. The standard InChI is InChI=1S/C14H18O3S/c15-14(16)13(10-11-4-2-1-3-5-11)18-12-6-8-17-9-7-12/h1-5,12-13H,6-10H2,(H,15,16). The van der Waals surface area contributed by atoms with Crippen molar-refractivity contribution < 1.29 is 14.6 Å². The number of carboxylic acid groups (broad SMARTS) is 1. The predicted octanol–water partition coefficient (Wildman–Crippen LogP) is 2.59. The van der Waals surface area contributed by atoms with Crippen molar-refractivity contribution in [2.24, 2.45) is 0 Å². The largest absolute Gasteiger partial charge is 0.480 e. The van der Waals surface area contributed by atoms with E-state index in [1.54, 1.807) is 11.8 Å². The molecule has 1 heterocycles. The molecule has 0 aromatic heterocycles. The van der Waals surface area contributed by atoms with Crippen LogP contribution in [-0.2, 0) is 16.0 Å². The number of hydrogen-bond acceptors (Lipinski definition) is 3. The van der Waals surface area contributed by atoms with Gasteiger partial charge in [0.1, 0.15) is 5.25 Å². The average Bonchev–Trinajstić information content (AvgIpc) is 2.40. The maximum Gasteiger partial charge on any atom is 0.316 e. The molecule has 1 aliphatic rings. The molecular weight excluding hydrogens is 248 g/mol. The van der Waals surface area contributed by atoms with E-state index in [9.17, 15) is 9.90 Å². The first-order valence-electron chi connectivity index (χ1n) is 6.25. The third-order valence-corrected chi connectivity index (χ3v) is 4.62. The summed E-state index contributed by atoms with van der Waals surface area (Å²) < 4.78 is 5.30. The second-order valence-corrected chi connectivity index (χ2v) is 5.97. The number of hydrogen-bond donors (Lipinski definition) is 1. The highest BCUT2D eigenvalue weighted by Gasteiger charge is 2.24. The Bertz CT molecular complexity index is 374. The summed E-state index contributed by atoms with van der Waals surface area (Å²) in [5, 5.41) is 9.38. The topological polar surface area (TPSA) is 46.5 Å². The molecular formula is C14H18O3S. The second kappa shape index (κ2) is 6.81. The third kappa shape index (κ3) is 4.03. The van der Waals surface area contributed by atoms with Gasteiger partial charge in [-0.05, 0) is 24.8 Å². The Balaban J connectivity index is 1.93. The normalized spacial score (nSPS) is 18.4. The van der Waals surface area contributed by atoms with E-state index in [2.05, 4.69) is 0 Å². The summed E-state index contributed by atoms with van der Waals surface area (Å²) in [5.41, 5.74) is 1.09. The first-order chi connectivity index (χ1) is 8.75. The number of thioether (sulfide) groups is 1. The Hall–Kier alpha value is -1.00. The number of ether oxygens (including phenoxy) is 1. The summed E-state index contributed by atoms with van der Waals surface area (Å²) in [6, 6.07) is 9.83. The van der Waals surface area contributed by atoms with Crippen LogP contribution >= 0.6 is 11.8 Å². The van der Waals surface area contributed by atoms with Gasteiger partial charge in [0.05, 0.1) is 0 Å². The van der Waals surface area contributed by atoms with Gasteiger partial charge >= 0.3 is 5.97 Å². The van der Waals surface area contributed by atoms with E-state index >= 15 is 0 Å². The smallest absolute Gasteiger partial charge is 0.316 e. The minimum Gasteiger partial charge on any atom is -0.480 e. The maximum atomic E-state index is 11.3. The zero-order valence-corrected chi connectivity index (χ0v) is 11.1. The Kier molecular flexibility index (Phi) is 5.08. The molecule has 1 unspecified atom stereocenters. The molecule has 0 amide bonds. The van der Waals surface area contributed by atoms with Crippen LogP contribution in [0.25, 0.3) is 0 Å². The number of rotatable bonds is 5. The van der Waals surface area contributed by atoms with Gasteiger partial charge in [-0.25, -0.2) is 0 Å². The van der Waals surface area contributed by atoms with Gasteiger partial charge in [-0.1, -0.05) is 30.3 Å². The van der Waals surface area contributed by atoms with Crippen molar-refractivity contribution in [2.75, 3.05) is 13.2 Å². The molecule has 1 aromatic rings. The van der Waals surface area contributed by atoms with Crippen molar-refractivity contribution in [3.05, 3.63) is 35.9 Å². The minimum absolute atomic E-state index is 0.351. The van der Waals surface area contributed by atoms with Gasteiger partial charge in [0.25, 0.3) is 0 Å². The van der Waals surface area contributed by atoms with Crippen LogP contribution in [0.5, 0.6) is 0 Å². The van der Waals surface area contributed by atoms with Crippen molar-refractivity contribution in [3.63, 3.8) is 0 Å². The molecule has 1 fully saturated rings. The van der Waals surface area contributed by atoms with Gasteiger partial charge in [0.15, 0.2) is 0 Å². The SMILES string of the molecule is O=C(O)C(Cc1ccccc1)SC1CCOCC1. The quantitative estimate of drug-likeness (QED) is 0.890. The van der Waals surface area contributed by atoms with Crippen LogP contribution < -0.4 is 0 Å². The van der Waals surface area contributed by atoms with E-state index in [1.807, 2.05) is 30.3 Å². The fourth-order valence-electron chi connectivity index (χ4n) is 2.07. The molecule has 0 spiro atoms. The Morgan fingerprint density at radius 2 is 2.00 bits per heavy atom. The number of carboxylic acids is 1. The molecule has 0 aliphatic carbocycles. The summed E-state index contributed by atoms with van der Waals surface area (Å²) in [6.07, 6.45) is 2.52. The molecule has 98 valence electrons. The first kappa shape index (κ1) is 13.4. The zero-order valence-electron chi connectivity index (χ0n) is 10.2. The predicted molar refractivity (Wildman–Crippen MR) is 73.0 cm³/mol. The van der Waals surface area contributed by atoms with Crippen LogP contribution in [0.2, 0.25) is 0 Å². The van der Waals surface area contributed by atoms with Crippen molar-refractivity contribution >= 4 is 17.7 Å². The van der Waals surface area contributed by atoms with Crippen molar-refractivity contribution in [3.8, 4) is 0 Å². The van der Waals surface area contributed by atoms with E-state index in [0.717, 1.165) is 31.6 Å². The van der Waals surface area contributed by atoms with Crippen molar-refractivity contribution in [1.29, 1.82) is 0 Å². The fraction of sp³-hybridized carbons (Fsp3) is 0.500. The molecule has 0 saturated carbocycles. The summed E-state index contributed by atoms with van der Waals surface area (Å²) >= 11 is 1.59. The lowest BCUT2D eigenvalue weighted by Gasteiger charge is -2.24. The monoisotopic (exact) mass is 266 g/mol. The number of carbonyl (C=O) groups is 1. The summed E-state index contributed by atoms with van der Waals surface area (Å²) in [4.78, 5) is 11.3. The van der Waals surface area contributed by atoms with Crippen LogP contribution in [0.3, 0.4) is 0 Å². The Labute approximate surface area is 112 Å². The molecule has 4 heteroatoms. The van der Waals surface area contributed by atoms with Crippen LogP contribution in [0, 0.1) is 0 Å². The Morgan fingerprint density at radius 1 is 1.33 bits per heavy atom. The molecule has 1 N–H and O–H groups in total. The molecule has 3 nitrogen and oxygen atoms in total. The third-order valence-electron chi connectivity index (χ3n) is 3.06. The summed E-state index contributed by atoms with van der Waals surface area (Å²) in [6.45, 7) is 1.52. The second-order valence-electron chi connectivity index (χ2n) is 4.46. The zero-order chi connectivity index (χ0) is 12.8. The minimum atomic E-state index is -0.713. The van der Waals surface area contributed by atoms with Crippen LogP contribution in [0.15, 0.2) is 30.3 Å². The van der Waals surface area contributed by atoms with Gasteiger partial charge in [0.2, 0.25) is 0 Å². The average molecular weight is 266 g/mol. The van der Waals surface area contributed by atoms with E-state index < -0.39 is 5.97 Å². The summed E-state index contributed by atoms with van der Waals surface area (Å²) in [7, 11) is 0. The molecule has 1 atom stereocenters. The van der Waals surface area contributed by atoms with E-state index in [-0.39, 0.29) is 5.25 Å². The van der Waals surface area contributed by atoms with Crippen LogP contribution in [0.1, 0.15) is 18.4 Å². The van der Waals surface area contributed by atoms with Gasteiger partial charge in [-0.2, -0.15) is 0 Å². The van der Waals surface area contributed by atoms with Crippen molar-refractivity contribution in [1.82, 2.24) is 0 Å². The lowest BCUT2D eigenvalue weighted by atomic mass is 10.1. The molecule has 18 heavy (non-hydrogen) atoms. The lowest BCUT2D eigenvalue weighted by molar-refractivity contribution is -0.136. The van der Waals surface area contributed by atoms with Gasteiger partial charge < -0.3 is 9.84 Å². The number of aliphatic carboxylic acids is 1. The van der Waals surface area contributed by atoms with Crippen LogP contribution in [-0.4, -0.2) is 34.8 Å². The van der Waals surface area contributed by atoms with Crippen LogP contribution in [0.4, 0.5) is 0 Å². The molecule has 0 radical (unpaired) electrons. The van der Waals surface area contributed by atoms with Gasteiger partial charge in [0, 0.05) is 18.5 Å². The molecule has 0 bridgehead atoms. The fourth-order valence-corrected chi connectivity index (χ4v) is 3.40. The van der Waals surface area contributed by atoms with E-state index in [4.69, 9.17) is 4.74 Å². The molecule has 1 saturated heterocycles. The highest BCUT2D eigenvalue weighted by Crippen LogP contribution is 2.28. The van der Waals surface area contributed by atoms with Gasteiger partial charge in [-0.15, -0.1) is 11.8 Å². The van der Waals surface area contributed by atoms with Gasteiger partial charge in [-0.3, -0.25) is 4.79 Å². The highest BCUT2D eigenvalue weighted by atomic mass is 32.2. The summed E-state index contributed by atoms with van der Waals surface area (Å²) in [5.74, 6) is -0.713. The van der Waals surface area contributed by atoms with E-state index in [1.165, 1.54) is 0 Å². The van der Waals surface area contributed by atoms with E-state index in [0.29, 0.717) is 11.7 Å². The first-order valence-corrected chi connectivity index (χ1v) is 7.20. The molecule has 2 rings (SSSR count). The molecule has 1 aromatic carbocycles. The Morgan fingerprint density at radius 3 is 2.61 bits per heavy atom.